The number of anilines is 1. The van der Waals surface area contributed by atoms with E-state index in [1.807, 2.05) is 0 Å². The summed E-state index contributed by atoms with van der Waals surface area (Å²) in [4.78, 5) is 38.2. The van der Waals surface area contributed by atoms with Gasteiger partial charge in [0.05, 0.1) is 17.3 Å². The van der Waals surface area contributed by atoms with Crippen LogP contribution in [0.4, 0.5) is 14.9 Å². The van der Waals surface area contributed by atoms with Gasteiger partial charge in [0, 0.05) is 0 Å². The molecule has 0 atom stereocenters. The summed E-state index contributed by atoms with van der Waals surface area (Å²) in [6.07, 6.45) is 2.83. The van der Waals surface area contributed by atoms with Crippen molar-refractivity contribution in [3.8, 4) is 11.5 Å². The second kappa shape index (κ2) is 9.44. The number of urea groups is 1. The zero-order chi connectivity index (χ0) is 22.5. The molecule has 2 aromatic rings. The molecule has 1 saturated heterocycles. The minimum atomic E-state index is -0.931. The maximum Gasteiger partial charge on any atom is 0.335 e. The molecule has 0 aliphatic carbocycles. The second-order valence-electron chi connectivity index (χ2n) is 6.30. The Kier molecular flexibility index (Phi) is 6.71. The molecule has 4 amide bonds. The Bertz CT molecular complexity index is 1080. The van der Waals surface area contributed by atoms with Crippen LogP contribution in [0, 0.1) is 5.82 Å². The molecule has 3 rings (SSSR count). The summed E-state index contributed by atoms with van der Waals surface area (Å²) in [6.45, 7) is 5.89. The van der Waals surface area contributed by atoms with Crippen LogP contribution in [0.1, 0.15) is 12.5 Å². The fourth-order valence-electron chi connectivity index (χ4n) is 2.87. The maximum atomic E-state index is 13.2. The number of nitrogens with zero attached hydrogens (tertiary/aromatic N) is 1. The minimum Gasteiger partial charge on any atom is -0.490 e. The molecule has 1 aliphatic heterocycles. The summed E-state index contributed by atoms with van der Waals surface area (Å²) in [5.41, 5.74) is 0.192. The van der Waals surface area contributed by atoms with E-state index >= 15 is 0 Å². The van der Waals surface area contributed by atoms with Crippen molar-refractivity contribution in [2.75, 3.05) is 18.1 Å². The van der Waals surface area contributed by atoms with Gasteiger partial charge < -0.3 is 9.47 Å². The number of imide groups is 2. The van der Waals surface area contributed by atoms with Gasteiger partial charge in [-0.05, 0) is 55.0 Å². The number of amides is 4. The van der Waals surface area contributed by atoms with Gasteiger partial charge >= 0.3 is 6.03 Å². The Hall–Kier alpha value is -3.65. The standard InChI is InChI=1S/C22H18ClFN2O5/c1-3-9-31-19-17(23)11-13(12-18(19)30-4-2)10-16-20(27)25-22(29)26(21(16)28)15-7-5-14(24)6-8-15/h3,5-8,10-12H,1,4,9H2,2H3,(H,25,27,29)/b16-10+. The molecule has 1 fully saturated rings. The van der Waals surface area contributed by atoms with Crippen molar-refractivity contribution in [1.82, 2.24) is 5.32 Å². The van der Waals surface area contributed by atoms with Crippen molar-refractivity contribution < 1.29 is 28.2 Å². The van der Waals surface area contributed by atoms with E-state index in [0.717, 1.165) is 17.0 Å². The van der Waals surface area contributed by atoms with Crippen molar-refractivity contribution >= 4 is 41.2 Å². The average molecular weight is 445 g/mol. The maximum absolute atomic E-state index is 13.2. The molecule has 7 nitrogen and oxygen atoms in total. The first-order valence-corrected chi connectivity index (χ1v) is 9.60. The van der Waals surface area contributed by atoms with Crippen LogP contribution in [0.3, 0.4) is 0 Å². The van der Waals surface area contributed by atoms with E-state index in [1.54, 1.807) is 19.1 Å². The van der Waals surface area contributed by atoms with E-state index in [4.69, 9.17) is 21.1 Å². The Morgan fingerprint density at radius 3 is 2.52 bits per heavy atom. The molecule has 9 heteroatoms. The molecule has 0 radical (unpaired) electrons. The van der Waals surface area contributed by atoms with Gasteiger partial charge in [0.1, 0.15) is 18.0 Å². The molecule has 0 aromatic heterocycles. The largest absolute Gasteiger partial charge is 0.490 e. The van der Waals surface area contributed by atoms with Crippen LogP contribution in [-0.2, 0) is 9.59 Å². The van der Waals surface area contributed by atoms with Crippen LogP contribution < -0.4 is 19.7 Å². The highest BCUT2D eigenvalue weighted by Gasteiger charge is 2.36. The molecule has 1 N–H and O–H groups in total. The molecule has 0 spiro atoms. The predicted molar refractivity (Wildman–Crippen MR) is 114 cm³/mol. The highest BCUT2D eigenvalue weighted by Crippen LogP contribution is 2.37. The van der Waals surface area contributed by atoms with Crippen LogP contribution in [-0.4, -0.2) is 31.1 Å². The van der Waals surface area contributed by atoms with Gasteiger partial charge in [0.25, 0.3) is 11.8 Å². The van der Waals surface area contributed by atoms with E-state index in [0.29, 0.717) is 23.7 Å². The van der Waals surface area contributed by atoms with Crippen LogP contribution in [0.2, 0.25) is 5.02 Å². The van der Waals surface area contributed by atoms with Crippen LogP contribution in [0.5, 0.6) is 11.5 Å². The summed E-state index contributed by atoms with van der Waals surface area (Å²) in [7, 11) is 0. The minimum absolute atomic E-state index is 0.114. The molecule has 2 aromatic carbocycles. The summed E-state index contributed by atoms with van der Waals surface area (Å²) in [6, 6.07) is 6.85. The van der Waals surface area contributed by atoms with Crippen molar-refractivity contribution in [1.29, 1.82) is 0 Å². The molecule has 0 unspecified atom stereocenters. The summed E-state index contributed by atoms with van der Waals surface area (Å²) >= 11 is 6.30. The van der Waals surface area contributed by atoms with Crippen LogP contribution in [0.15, 0.2) is 54.6 Å². The molecule has 0 saturated carbocycles. The Morgan fingerprint density at radius 1 is 1.16 bits per heavy atom. The first-order chi connectivity index (χ1) is 14.8. The molecule has 1 aliphatic rings. The Balaban J connectivity index is 2.01. The smallest absolute Gasteiger partial charge is 0.335 e. The lowest BCUT2D eigenvalue weighted by Crippen LogP contribution is -2.54. The number of hydrogen-bond donors (Lipinski definition) is 1. The number of rotatable bonds is 7. The SMILES string of the molecule is C=CCOc1c(Cl)cc(/C=C2\C(=O)NC(=O)N(c3ccc(F)cc3)C2=O)cc1OCC. The molecular formula is C22H18ClFN2O5. The third kappa shape index (κ3) is 4.75. The fourth-order valence-corrected chi connectivity index (χ4v) is 3.14. The Morgan fingerprint density at radius 2 is 1.87 bits per heavy atom. The lowest BCUT2D eigenvalue weighted by molar-refractivity contribution is -0.122. The summed E-state index contributed by atoms with van der Waals surface area (Å²) in [5, 5.41) is 2.31. The van der Waals surface area contributed by atoms with E-state index < -0.39 is 23.7 Å². The first kappa shape index (κ1) is 22.0. The predicted octanol–water partition coefficient (Wildman–Crippen LogP) is 4.11. The van der Waals surface area contributed by atoms with Crippen molar-refractivity contribution in [2.24, 2.45) is 0 Å². The molecule has 31 heavy (non-hydrogen) atoms. The fraction of sp³-hybridized carbons (Fsp3) is 0.136. The third-order valence-corrected chi connectivity index (χ3v) is 4.46. The van der Waals surface area contributed by atoms with Gasteiger partial charge in [-0.15, -0.1) is 0 Å². The number of ether oxygens (including phenoxy) is 2. The first-order valence-electron chi connectivity index (χ1n) is 9.22. The van der Waals surface area contributed by atoms with E-state index in [2.05, 4.69) is 11.9 Å². The molecule has 160 valence electrons. The van der Waals surface area contributed by atoms with Gasteiger partial charge in [-0.2, -0.15) is 0 Å². The summed E-state index contributed by atoms with van der Waals surface area (Å²) < 4.78 is 24.3. The van der Waals surface area contributed by atoms with Crippen LogP contribution in [0.25, 0.3) is 6.08 Å². The highest BCUT2D eigenvalue weighted by molar-refractivity contribution is 6.39. The topological polar surface area (TPSA) is 84.9 Å². The van der Waals surface area contributed by atoms with Crippen molar-refractivity contribution in [2.45, 2.75) is 6.92 Å². The van der Waals surface area contributed by atoms with E-state index in [9.17, 15) is 18.8 Å². The van der Waals surface area contributed by atoms with Gasteiger partial charge in [-0.25, -0.2) is 14.1 Å². The number of carbonyl (C=O) groups excluding carboxylic acids is 3. The Labute approximate surface area is 182 Å². The normalized spacial score (nSPS) is 15.1. The van der Waals surface area contributed by atoms with E-state index in [1.165, 1.54) is 24.3 Å². The van der Waals surface area contributed by atoms with Gasteiger partial charge in [-0.1, -0.05) is 24.3 Å². The lowest BCUT2D eigenvalue weighted by Gasteiger charge is -2.26. The average Bonchev–Trinajstić information content (AvgIpc) is 2.72. The number of halogens is 2. The molecule has 0 bridgehead atoms. The van der Waals surface area contributed by atoms with Crippen LogP contribution >= 0.6 is 11.6 Å². The third-order valence-electron chi connectivity index (χ3n) is 4.17. The molecular weight excluding hydrogens is 427 g/mol. The number of hydrogen-bond acceptors (Lipinski definition) is 5. The lowest BCUT2D eigenvalue weighted by atomic mass is 10.1. The molecule has 1 heterocycles. The zero-order valence-corrected chi connectivity index (χ0v) is 17.2. The quantitative estimate of drug-likeness (QED) is 0.394. The monoisotopic (exact) mass is 444 g/mol. The van der Waals surface area contributed by atoms with Gasteiger partial charge in [0.2, 0.25) is 0 Å². The van der Waals surface area contributed by atoms with Gasteiger partial charge in [0.15, 0.2) is 11.5 Å². The van der Waals surface area contributed by atoms with Gasteiger partial charge in [-0.3, -0.25) is 14.9 Å². The number of carbonyl (C=O) groups is 3. The number of barbiturate groups is 1. The summed E-state index contributed by atoms with van der Waals surface area (Å²) in [5.74, 6) is -1.64. The zero-order valence-electron chi connectivity index (χ0n) is 16.5. The van der Waals surface area contributed by atoms with E-state index in [-0.39, 0.29) is 22.9 Å². The van der Waals surface area contributed by atoms with Crippen molar-refractivity contribution in [3.63, 3.8) is 0 Å². The highest BCUT2D eigenvalue weighted by atomic mass is 35.5. The number of nitrogens with one attached hydrogen (secondary N) is 1. The number of benzene rings is 2. The second-order valence-corrected chi connectivity index (χ2v) is 6.70. The van der Waals surface area contributed by atoms with Crippen molar-refractivity contribution in [3.05, 3.63) is 71.0 Å².